The van der Waals surface area contributed by atoms with E-state index in [-0.39, 0.29) is 6.10 Å². The van der Waals surface area contributed by atoms with Crippen molar-refractivity contribution in [2.75, 3.05) is 0 Å². The van der Waals surface area contributed by atoms with E-state index in [0.29, 0.717) is 0 Å². The fraction of sp³-hybridized carbons (Fsp3) is 1.00. The molecule has 4 nitrogen and oxygen atoms in total. The molecule has 0 saturated heterocycles. The lowest BCUT2D eigenvalue weighted by Crippen LogP contribution is -2.31. The Bertz CT molecular complexity index is 226. The molecule has 0 aliphatic rings. The maximum Gasteiger partial charge on any atom is 0.390 e. The van der Waals surface area contributed by atoms with Crippen molar-refractivity contribution < 1.29 is 16.5 Å². The summed E-state index contributed by atoms with van der Waals surface area (Å²) in [5.74, 6) is 0. The van der Waals surface area contributed by atoms with Crippen LogP contribution in [0.4, 0.5) is 0 Å². The average molecular weight is 212 g/mol. The van der Waals surface area contributed by atoms with Crippen molar-refractivity contribution in [3.05, 3.63) is 0 Å². The fourth-order valence-electron chi connectivity index (χ4n) is 0.562. The quantitative estimate of drug-likeness (QED) is 0.663. The van der Waals surface area contributed by atoms with Crippen LogP contribution in [-0.4, -0.2) is 22.8 Å². The van der Waals surface area contributed by atoms with Crippen molar-refractivity contribution in [3.63, 3.8) is 0 Å². The molecule has 0 aromatic carbocycles. The van der Waals surface area contributed by atoms with Gasteiger partial charge in [-0.05, 0) is 33.5 Å². The highest BCUT2D eigenvalue weighted by molar-refractivity contribution is 7.83. The van der Waals surface area contributed by atoms with Gasteiger partial charge in [0.05, 0.1) is 6.10 Å². The summed E-state index contributed by atoms with van der Waals surface area (Å²) in [7, 11) is -5.85. The highest BCUT2D eigenvalue weighted by Crippen LogP contribution is 2.10. The van der Waals surface area contributed by atoms with Gasteiger partial charge in [0.15, 0.2) is 0 Å². The summed E-state index contributed by atoms with van der Waals surface area (Å²) in [4.78, 5) is 0. The summed E-state index contributed by atoms with van der Waals surface area (Å²) in [5, 5.41) is 0. The molecule has 0 heterocycles. The first-order chi connectivity index (χ1) is 5.12. The van der Waals surface area contributed by atoms with Crippen LogP contribution in [0.15, 0.2) is 0 Å². The second-order valence-electron chi connectivity index (χ2n) is 3.75. The molecule has 0 aromatic heterocycles. The van der Waals surface area contributed by atoms with Crippen LogP contribution in [0.2, 0.25) is 19.6 Å². The Labute approximate surface area is 75.3 Å². The molecule has 6 heteroatoms. The maximum absolute atomic E-state index is 11.0. The molecule has 0 aromatic rings. The van der Waals surface area contributed by atoms with Gasteiger partial charge in [0.1, 0.15) is 0 Å². The summed E-state index contributed by atoms with van der Waals surface area (Å²) < 4.78 is 31.5. The van der Waals surface area contributed by atoms with Crippen LogP contribution in [0.25, 0.3) is 0 Å². The zero-order chi connectivity index (χ0) is 9.99. The smallest absolute Gasteiger partial charge is 0.294 e. The van der Waals surface area contributed by atoms with E-state index < -0.39 is 18.7 Å². The van der Waals surface area contributed by atoms with E-state index in [1.165, 1.54) is 0 Å². The highest BCUT2D eigenvalue weighted by Gasteiger charge is 2.25. The lowest BCUT2D eigenvalue weighted by atomic mass is 10.5. The van der Waals surface area contributed by atoms with E-state index in [9.17, 15) is 8.42 Å². The predicted molar refractivity (Wildman–Crippen MR) is 49.6 cm³/mol. The van der Waals surface area contributed by atoms with E-state index in [1.54, 1.807) is 33.5 Å². The monoisotopic (exact) mass is 212 g/mol. The first-order valence-electron chi connectivity index (χ1n) is 3.76. The minimum atomic E-state index is -3.78. The minimum absolute atomic E-state index is 0.369. The zero-order valence-electron chi connectivity index (χ0n) is 8.12. The molecule has 0 N–H and O–H groups in total. The highest BCUT2D eigenvalue weighted by atomic mass is 32.3. The summed E-state index contributed by atoms with van der Waals surface area (Å²) in [6, 6.07) is 0. The van der Waals surface area contributed by atoms with Crippen molar-refractivity contribution in [2.24, 2.45) is 0 Å². The largest absolute Gasteiger partial charge is 0.390 e. The maximum atomic E-state index is 11.0. The van der Waals surface area contributed by atoms with Gasteiger partial charge < -0.3 is 0 Å². The normalized spacial score (nSPS) is 13.8. The molecule has 0 aliphatic heterocycles. The van der Waals surface area contributed by atoms with Gasteiger partial charge in [-0.1, -0.05) is 0 Å². The zero-order valence-corrected chi connectivity index (χ0v) is 9.94. The number of hydrogen-bond acceptors (Lipinski definition) is 4. The minimum Gasteiger partial charge on any atom is -0.294 e. The SMILES string of the molecule is CC(C)OS(=O)(=O)O[Si](C)(C)C. The first-order valence-corrected chi connectivity index (χ1v) is 8.50. The molecule has 12 heavy (non-hydrogen) atoms. The summed E-state index contributed by atoms with van der Waals surface area (Å²) in [6.45, 7) is 8.65. The Morgan fingerprint density at radius 3 is 1.83 bits per heavy atom. The molecule has 0 saturated carbocycles. The Morgan fingerprint density at radius 1 is 1.17 bits per heavy atom. The van der Waals surface area contributed by atoms with Crippen molar-refractivity contribution in [2.45, 2.75) is 39.6 Å². The van der Waals surface area contributed by atoms with E-state index in [4.69, 9.17) is 3.87 Å². The van der Waals surface area contributed by atoms with Crippen LogP contribution in [0.5, 0.6) is 0 Å². The van der Waals surface area contributed by atoms with Gasteiger partial charge in [-0.15, -0.1) is 0 Å². The van der Waals surface area contributed by atoms with Gasteiger partial charge in [0, 0.05) is 0 Å². The van der Waals surface area contributed by atoms with Crippen LogP contribution in [0.1, 0.15) is 13.8 Å². The summed E-state index contributed by atoms with van der Waals surface area (Å²) in [6.07, 6.45) is -0.369. The lowest BCUT2D eigenvalue weighted by Gasteiger charge is -2.17. The lowest BCUT2D eigenvalue weighted by molar-refractivity contribution is 0.216. The van der Waals surface area contributed by atoms with Crippen LogP contribution in [0, 0.1) is 0 Å². The molecule has 0 atom stereocenters. The molecule has 0 fully saturated rings. The van der Waals surface area contributed by atoms with Crippen LogP contribution in [-0.2, 0) is 18.5 Å². The van der Waals surface area contributed by atoms with Crippen molar-refractivity contribution in [1.82, 2.24) is 0 Å². The first kappa shape index (κ1) is 12.1. The summed E-state index contributed by atoms with van der Waals surface area (Å²) in [5.41, 5.74) is 0. The molecular formula is C6H16O4SSi. The molecule has 0 bridgehead atoms. The predicted octanol–water partition coefficient (Wildman–Crippen LogP) is 1.51. The van der Waals surface area contributed by atoms with Gasteiger partial charge in [-0.25, -0.2) is 4.18 Å². The average Bonchev–Trinajstić information content (AvgIpc) is 1.48. The molecule has 0 amide bonds. The molecule has 0 unspecified atom stereocenters. The van der Waals surface area contributed by atoms with Crippen LogP contribution >= 0.6 is 0 Å². The summed E-state index contributed by atoms with van der Waals surface area (Å²) >= 11 is 0. The topological polar surface area (TPSA) is 52.6 Å². The van der Waals surface area contributed by atoms with Crippen molar-refractivity contribution in [3.8, 4) is 0 Å². The third-order valence-electron chi connectivity index (χ3n) is 0.662. The number of rotatable bonds is 4. The number of hydrogen-bond donors (Lipinski definition) is 0. The second-order valence-corrected chi connectivity index (χ2v) is 9.65. The Hall–Kier alpha value is 0.0869. The van der Waals surface area contributed by atoms with E-state index in [1.807, 2.05) is 0 Å². The molecular weight excluding hydrogens is 196 g/mol. The Balaban J connectivity index is 4.26. The van der Waals surface area contributed by atoms with Gasteiger partial charge in [0.2, 0.25) is 8.32 Å². The van der Waals surface area contributed by atoms with Gasteiger partial charge >= 0.3 is 10.4 Å². The molecule has 0 spiro atoms. The van der Waals surface area contributed by atoms with Crippen LogP contribution in [0.3, 0.4) is 0 Å². The van der Waals surface area contributed by atoms with E-state index in [2.05, 4.69) is 4.18 Å². The standard InChI is InChI=1S/C6H16O4SSi/c1-6(2)9-11(7,8)10-12(3,4)5/h6H,1-5H3. The van der Waals surface area contributed by atoms with Crippen molar-refractivity contribution >= 4 is 18.7 Å². The molecule has 0 aliphatic carbocycles. The van der Waals surface area contributed by atoms with Gasteiger partial charge in [-0.2, -0.15) is 8.42 Å². The molecule has 0 radical (unpaired) electrons. The third kappa shape index (κ3) is 6.78. The molecule has 74 valence electrons. The van der Waals surface area contributed by atoms with E-state index >= 15 is 0 Å². The second kappa shape index (κ2) is 3.86. The fourth-order valence-corrected chi connectivity index (χ4v) is 3.64. The van der Waals surface area contributed by atoms with Crippen molar-refractivity contribution in [1.29, 1.82) is 0 Å². The van der Waals surface area contributed by atoms with Gasteiger partial charge in [-0.3, -0.25) is 3.87 Å². The van der Waals surface area contributed by atoms with Gasteiger partial charge in [0.25, 0.3) is 0 Å². The Kier molecular flexibility index (Phi) is 3.89. The van der Waals surface area contributed by atoms with E-state index in [0.717, 1.165) is 0 Å². The molecule has 0 rings (SSSR count). The third-order valence-corrected chi connectivity index (χ3v) is 4.10. The van der Waals surface area contributed by atoms with Crippen LogP contribution < -0.4 is 0 Å². The Morgan fingerprint density at radius 2 is 1.58 bits per heavy atom.